The molecule has 178 valence electrons. The molecule has 2 N–H and O–H groups in total. The lowest BCUT2D eigenvalue weighted by molar-refractivity contribution is 0.0254. The Balaban J connectivity index is 0.00000900. The van der Waals surface area contributed by atoms with E-state index in [1.165, 1.54) is 0 Å². The molecule has 0 aliphatic carbocycles. The van der Waals surface area contributed by atoms with Crippen LogP contribution in [0.2, 0.25) is 0 Å². The van der Waals surface area contributed by atoms with Crippen LogP contribution in [0.5, 0.6) is 17.2 Å². The van der Waals surface area contributed by atoms with E-state index in [0.29, 0.717) is 42.8 Å². The van der Waals surface area contributed by atoms with Crippen LogP contribution in [0.15, 0.2) is 17.1 Å². The van der Waals surface area contributed by atoms with Crippen molar-refractivity contribution >= 4 is 41.7 Å². The number of benzene rings is 1. The van der Waals surface area contributed by atoms with Gasteiger partial charge in [0.25, 0.3) is 0 Å². The van der Waals surface area contributed by atoms with Crippen LogP contribution >= 0.6 is 24.0 Å². The molecule has 1 aromatic rings. The molecule has 0 radical (unpaired) electrons. The number of methoxy groups -OCH3 is 3. The Morgan fingerprint density at radius 3 is 2.06 bits per heavy atom. The summed E-state index contributed by atoms with van der Waals surface area (Å²) in [6, 6.07) is 3.58. The summed E-state index contributed by atoms with van der Waals surface area (Å²) in [6.07, 6.45) is 0.524. The number of halogens is 1. The SMILES string of the molecule is CCCN(CCNC(=NC)Nc1cc(OC)c(OC)c(OC)c1)C(=O)OC(C)(C)C.I. The van der Waals surface area contributed by atoms with E-state index in [4.69, 9.17) is 18.9 Å². The van der Waals surface area contributed by atoms with Crippen molar-refractivity contribution in [1.82, 2.24) is 10.2 Å². The fourth-order valence-corrected chi connectivity index (χ4v) is 2.67. The van der Waals surface area contributed by atoms with Crippen LogP contribution in [0.1, 0.15) is 34.1 Å². The van der Waals surface area contributed by atoms with Crippen molar-refractivity contribution in [3.63, 3.8) is 0 Å². The summed E-state index contributed by atoms with van der Waals surface area (Å²) in [6.45, 7) is 9.20. The molecule has 0 bridgehead atoms. The molecule has 0 fully saturated rings. The third kappa shape index (κ3) is 9.70. The molecule has 0 aliphatic heterocycles. The molecule has 0 aliphatic rings. The number of anilines is 1. The first kappa shape index (κ1) is 28.9. The maximum atomic E-state index is 12.4. The second kappa shape index (κ2) is 14.0. The maximum absolute atomic E-state index is 12.4. The van der Waals surface area contributed by atoms with Crippen molar-refractivity contribution in [3.8, 4) is 17.2 Å². The molecule has 0 heterocycles. The van der Waals surface area contributed by atoms with Gasteiger partial charge in [-0.25, -0.2) is 4.79 Å². The third-order valence-electron chi connectivity index (χ3n) is 3.97. The highest BCUT2D eigenvalue weighted by molar-refractivity contribution is 14.0. The summed E-state index contributed by atoms with van der Waals surface area (Å²) >= 11 is 0. The Morgan fingerprint density at radius 1 is 1.06 bits per heavy atom. The number of nitrogens with one attached hydrogen (secondary N) is 2. The number of hydrogen-bond acceptors (Lipinski definition) is 6. The number of ether oxygens (including phenoxy) is 4. The first-order valence-electron chi connectivity index (χ1n) is 9.94. The van der Waals surface area contributed by atoms with Gasteiger partial charge in [0.1, 0.15) is 5.60 Å². The minimum absolute atomic E-state index is 0. The number of amides is 1. The number of rotatable bonds is 9. The van der Waals surface area contributed by atoms with Crippen molar-refractivity contribution in [1.29, 1.82) is 0 Å². The maximum Gasteiger partial charge on any atom is 0.410 e. The van der Waals surface area contributed by atoms with Crippen molar-refractivity contribution in [2.75, 3.05) is 53.3 Å². The number of guanidine groups is 1. The van der Waals surface area contributed by atoms with Crippen molar-refractivity contribution in [2.24, 2.45) is 4.99 Å². The zero-order valence-corrected chi connectivity index (χ0v) is 22.2. The van der Waals surface area contributed by atoms with Gasteiger partial charge in [0, 0.05) is 44.5 Å². The highest BCUT2D eigenvalue weighted by Gasteiger charge is 2.21. The van der Waals surface area contributed by atoms with Crippen LogP contribution in [0.25, 0.3) is 0 Å². The average molecular weight is 552 g/mol. The first-order chi connectivity index (χ1) is 14.2. The minimum atomic E-state index is -0.527. The third-order valence-corrected chi connectivity index (χ3v) is 3.97. The quantitative estimate of drug-likeness (QED) is 0.272. The van der Waals surface area contributed by atoms with Gasteiger partial charge in [-0.05, 0) is 27.2 Å². The van der Waals surface area contributed by atoms with Gasteiger partial charge in [0.15, 0.2) is 17.5 Å². The summed E-state index contributed by atoms with van der Waals surface area (Å²) < 4.78 is 21.6. The van der Waals surface area contributed by atoms with Gasteiger partial charge in [-0.1, -0.05) is 6.92 Å². The van der Waals surface area contributed by atoms with E-state index in [9.17, 15) is 4.79 Å². The molecule has 9 nitrogen and oxygen atoms in total. The summed E-state index contributed by atoms with van der Waals surface area (Å²) in [5, 5.41) is 6.40. The largest absolute Gasteiger partial charge is 0.493 e. The number of carbonyl (C=O) groups excluding carboxylic acids is 1. The van der Waals surface area contributed by atoms with Crippen molar-refractivity contribution < 1.29 is 23.7 Å². The average Bonchev–Trinajstić information content (AvgIpc) is 2.69. The molecule has 0 unspecified atom stereocenters. The summed E-state index contributed by atoms with van der Waals surface area (Å²) in [7, 11) is 6.35. The zero-order valence-electron chi connectivity index (χ0n) is 19.8. The van der Waals surface area contributed by atoms with Gasteiger partial charge < -0.3 is 34.5 Å². The van der Waals surface area contributed by atoms with E-state index < -0.39 is 5.60 Å². The standard InChI is InChI=1S/C21H36N4O5.HI/c1-9-11-25(20(26)30-21(2,3)4)12-10-23-19(22-5)24-15-13-16(27-6)18(29-8)17(14-15)28-7;/h13-14H,9-12H2,1-8H3,(H2,22,23,24);1H. The van der Waals surface area contributed by atoms with Crippen molar-refractivity contribution in [2.45, 2.75) is 39.7 Å². The molecule has 0 saturated heterocycles. The molecule has 1 aromatic carbocycles. The van der Waals surface area contributed by atoms with E-state index in [1.54, 1.807) is 45.4 Å². The van der Waals surface area contributed by atoms with Crippen molar-refractivity contribution in [3.05, 3.63) is 12.1 Å². The molecule has 0 saturated carbocycles. The molecule has 31 heavy (non-hydrogen) atoms. The van der Waals surface area contributed by atoms with Crippen LogP contribution in [-0.2, 0) is 4.74 Å². The van der Waals surface area contributed by atoms with Gasteiger partial charge in [-0.15, -0.1) is 24.0 Å². The Morgan fingerprint density at radius 2 is 1.65 bits per heavy atom. The lowest BCUT2D eigenvalue weighted by Gasteiger charge is -2.27. The summed E-state index contributed by atoms with van der Waals surface area (Å²) in [4.78, 5) is 18.3. The minimum Gasteiger partial charge on any atom is -0.493 e. The molecule has 1 amide bonds. The lowest BCUT2D eigenvalue weighted by Crippen LogP contribution is -2.43. The fraction of sp³-hybridized carbons (Fsp3) is 0.619. The number of hydrogen-bond donors (Lipinski definition) is 2. The van der Waals surface area contributed by atoms with Crippen LogP contribution in [0, 0.1) is 0 Å². The predicted molar refractivity (Wildman–Crippen MR) is 135 cm³/mol. The molecular formula is C21H37IN4O5. The first-order valence-corrected chi connectivity index (χ1v) is 9.94. The number of carbonyl (C=O) groups is 1. The van der Waals surface area contributed by atoms with E-state index >= 15 is 0 Å². The topological polar surface area (TPSA) is 93.7 Å². The Bertz CT molecular complexity index is 697. The second-order valence-corrected chi connectivity index (χ2v) is 7.51. The van der Waals surface area contributed by atoms with E-state index in [2.05, 4.69) is 15.6 Å². The van der Waals surface area contributed by atoms with E-state index in [1.807, 2.05) is 27.7 Å². The fourth-order valence-electron chi connectivity index (χ4n) is 2.67. The van der Waals surface area contributed by atoms with Gasteiger partial charge in [0.05, 0.1) is 21.3 Å². The van der Waals surface area contributed by atoms with Crippen LogP contribution in [0.4, 0.5) is 10.5 Å². The molecule has 1 rings (SSSR count). The lowest BCUT2D eigenvalue weighted by atomic mass is 10.2. The molecule has 10 heteroatoms. The van der Waals surface area contributed by atoms with Crippen LogP contribution < -0.4 is 24.8 Å². The molecule has 0 atom stereocenters. The van der Waals surface area contributed by atoms with E-state index in [0.717, 1.165) is 12.1 Å². The van der Waals surface area contributed by atoms with Crippen LogP contribution in [-0.4, -0.2) is 70.6 Å². The Hall–Kier alpha value is -2.11. The number of nitrogens with zero attached hydrogens (tertiary/aromatic N) is 2. The summed E-state index contributed by atoms with van der Waals surface area (Å²) in [5.74, 6) is 2.13. The highest BCUT2D eigenvalue weighted by Crippen LogP contribution is 2.39. The van der Waals surface area contributed by atoms with Gasteiger partial charge in [-0.3, -0.25) is 4.99 Å². The molecular weight excluding hydrogens is 515 g/mol. The normalized spacial score (nSPS) is 11.2. The molecule has 0 aromatic heterocycles. The van der Waals surface area contributed by atoms with Gasteiger partial charge >= 0.3 is 6.09 Å². The van der Waals surface area contributed by atoms with E-state index in [-0.39, 0.29) is 30.1 Å². The Kier molecular flexibility index (Phi) is 13.1. The second-order valence-electron chi connectivity index (χ2n) is 7.51. The predicted octanol–water partition coefficient (Wildman–Crippen LogP) is 3.96. The highest BCUT2D eigenvalue weighted by atomic mass is 127. The Labute approximate surface area is 202 Å². The zero-order chi connectivity index (χ0) is 22.7. The summed E-state index contributed by atoms with van der Waals surface area (Å²) in [5.41, 5.74) is 0.191. The number of aliphatic imine (C=N–C) groups is 1. The van der Waals surface area contributed by atoms with Gasteiger partial charge in [-0.2, -0.15) is 0 Å². The monoisotopic (exact) mass is 552 g/mol. The van der Waals surface area contributed by atoms with Gasteiger partial charge in [0.2, 0.25) is 5.75 Å². The smallest absolute Gasteiger partial charge is 0.410 e. The van der Waals surface area contributed by atoms with Crippen LogP contribution in [0.3, 0.4) is 0 Å². The molecule has 0 spiro atoms.